The van der Waals surface area contributed by atoms with Crippen molar-refractivity contribution in [1.82, 2.24) is 0 Å². The number of hydrogen-bond acceptors (Lipinski definition) is 2. The standard InChI is InChI=1S/C11H16FNO/c1-4-8(3)14-11-5-7(2)10(13)6-9(11)12/h5-6,8H,4,13H2,1-3H3. The van der Waals surface area contributed by atoms with Crippen LogP contribution in [0.25, 0.3) is 0 Å². The topological polar surface area (TPSA) is 35.2 Å². The van der Waals surface area contributed by atoms with Gasteiger partial charge in [0, 0.05) is 11.8 Å². The smallest absolute Gasteiger partial charge is 0.167 e. The average Bonchev–Trinajstić information content (AvgIpc) is 2.14. The Hall–Kier alpha value is -1.25. The van der Waals surface area contributed by atoms with E-state index in [1.165, 1.54) is 6.07 Å². The molecular weight excluding hydrogens is 181 g/mol. The Kier molecular flexibility index (Phi) is 3.33. The molecule has 0 heterocycles. The molecule has 0 radical (unpaired) electrons. The predicted octanol–water partition coefficient (Wildman–Crippen LogP) is 2.89. The lowest BCUT2D eigenvalue weighted by molar-refractivity contribution is 0.207. The summed E-state index contributed by atoms with van der Waals surface area (Å²) in [7, 11) is 0. The summed E-state index contributed by atoms with van der Waals surface area (Å²) in [4.78, 5) is 0. The van der Waals surface area contributed by atoms with Gasteiger partial charge in [0.2, 0.25) is 0 Å². The maximum absolute atomic E-state index is 13.3. The second kappa shape index (κ2) is 4.31. The molecule has 0 bridgehead atoms. The number of anilines is 1. The highest BCUT2D eigenvalue weighted by Crippen LogP contribution is 2.24. The molecule has 14 heavy (non-hydrogen) atoms. The third kappa shape index (κ3) is 2.37. The van der Waals surface area contributed by atoms with Crippen LogP contribution in [0, 0.1) is 12.7 Å². The summed E-state index contributed by atoms with van der Waals surface area (Å²) in [6.07, 6.45) is 0.871. The van der Waals surface area contributed by atoms with Crippen LogP contribution in [0.3, 0.4) is 0 Å². The number of hydrogen-bond donors (Lipinski definition) is 1. The Morgan fingerprint density at radius 1 is 1.50 bits per heavy atom. The SMILES string of the molecule is CCC(C)Oc1cc(C)c(N)cc1F. The van der Waals surface area contributed by atoms with Crippen molar-refractivity contribution in [3.8, 4) is 5.75 Å². The molecule has 3 heteroatoms. The highest BCUT2D eigenvalue weighted by molar-refractivity contribution is 5.50. The predicted molar refractivity (Wildman–Crippen MR) is 55.9 cm³/mol. The summed E-state index contributed by atoms with van der Waals surface area (Å²) < 4.78 is 18.7. The van der Waals surface area contributed by atoms with Crippen molar-refractivity contribution in [2.75, 3.05) is 5.73 Å². The van der Waals surface area contributed by atoms with Crippen LogP contribution in [0.5, 0.6) is 5.75 Å². The molecule has 0 aliphatic carbocycles. The summed E-state index contributed by atoms with van der Waals surface area (Å²) in [5.74, 6) is -0.112. The third-order valence-electron chi connectivity index (χ3n) is 2.22. The van der Waals surface area contributed by atoms with E-state index >= 15 is 0 Å². The highest BCUT2D eigenvalue weighted by Gasteiger charge is 2.09. The van der Waals surface area contributed by atoms with Crippen molar-refractivity contribution in [3.63, 3.8) is 0 Å². The van der Waals surface area contributed by atoms with Gasteiger partial charge in [0.15, 0.2) is 11.6 Å². The van der Waals surface area contributed by atoms with E-state index in [-0.39, 0.29) is 11.9 Å². The first kappa shape index (κ1) is 10.8. The lowest BCUT2D eigenvalue weighted by Crippen LogP contribution is -2.11. The van der Waals surface area contributed by atoms with Crippen molar-refractivity contribution in [2.45, 2.75) is 33.3 Å². The summed E-state index contributed by atoms with van der Waals surface area (Å²) in [5.41, 5.74) is 6.85. The van der Waals surface area contributed by atoms with Crippen LogP contribution in [0.4, 0.5) is 10.1 Å². The van der Waals surface area contributed by atoms with Crippen molar-refractivity contribution in [3.05, 3.63) is 23.5 Å². The maximum Gasteiger partial charge on any atom is 0.167 e. The fraction of sp³-hybridized carbons (Fsp3) is 0.455. The van der Waals surface area contributed by atoms with E-state index in [0.29, 0.717) is 5.69 Å². The molecule has 78 valence electrons. The van der Waals surface area contributed by atoms with Crippen LogP contribution in [0.15, 0.2) is 12.1 Å². The minimum Gasteiger partial charge on any atom is -0.488 e. The minimum absolute atomic E-state index is 0.0209. The van der Waals surface area contributed by atoms with E-state index in [1.807, 2.05) is 20.8 Å². The van der Waals surface area contributed by atoms with Crippen molar-refractivity contribution in [1.29, 1.82) is 0 Å². The van der Waals surface area contributed by atoms with E-state index in [1.54, 1.807) is 6.07 Å². The zero-order valence-electron chi connectivity index (χ0n) is 8.80. The van der Waals surface area contributed by atoms with E-state index in [0.717, 1.165) is 12.0 Å². The zero-order valence-corrected chi connectivity index (χ0v) is 8.80. The van der Waals surface area contributed by atoms with Crippen molar-refractivity contribution in [2.24, 2.45) is 0 Å². The second-order valence-electron chi connectivity index (χ2n) is 3.48. The number of rotatable bonds is 3. The minimum atomic E-state index is -0.395. The monoisotopic (exact) mass is 197 g/mol. The van der Waals surface area contributed by atoms with Gasteiger partial charge in [-0.2, -0.15) is 0 Å². The molecule has 0 aliphatic heterocycles. The summed E-state index contributed by atoms with van der Waals surface area (Å²) in [5, 5.41) is 0. The Labute approximate surface area is 83.9 Å². The van der Waals surface area contributed by atoms with Gasteiger partial charge in [-0.15, -0.1) is 0 Å². The Balaban J connectivity index is 2.92. The Bertz CT molecular complexity index is 325. The maximum atomic E-state index is 13.3. The van der Waals surface area contributed by atoms with Gasteiger partial charge in [-0.1, -0.05) is 6.92 Å². The zero-order chi connectivity index (χ0) is 10.7. The lowest BCUT2D eigenvalue weighted by Gasteiger charge is -2.14. The molecule has 0 fully saturated rings. The summed E-state index contributed by atoms with van der Waals surface area (Å²) in [6.45, 7) is 5.73. The number of nitrogen functional groups attached to an aromatic ring is 1. The molecule has 1 atom stereocenters. The first-order valence-corrected chi connectivity index (χ1v) is 4.76. The fourth-order valence-electron chi connectivity index (χ4n) is 1.06. The van der Waals surface area contributed by atoms with Crippen LogP contribution in [-0.4, -0.2) is 6.10 Å². The molecule has 0 spiro atoms. The van der Waals surface area contributed by atoms with Gasteiger partial charge in [-0.25, -0.2) is 4.39 Å². The van der Waals surface area contributed by atoms with Gasteiger partial charge in [-0.3, -0.25) is 0 Å². The number of aryl methyl sites for hydroxylation is 1. The number of halogens is 1. The van der Waals surface area contributed by atoms with Crippen LogP contribution >= 0.6 is 0 Å². The fourth-order valence-corrected chi connectivity index (χ4v) is 1.06. The summed E-state index contributed by atoms with van der Waals surface area (Å²) >= 11 is 0. The molecule has 0 aliphatic rings. The molecule has 2 N–H and O–H groups in total. The molecule has 1 rings (SSSR count). The quantitative estimate of drug-likeness (QED) is 0.756. The van der Waals surface area contributed by atoms with Gasteiger partial charge in [0.1, 0.15) is 0 Å². The number of nitrogens with two attached hydrogens (primary N) is 1. The van der Waals surface area contributed by atoms with E-state index < -0.39 is 5.82 Å². The Morgan fingerprint density at radius 2 is 2.14 bits per heavy atom. The average molecular weight is 197 g/mol. The molecule has 0 amide bonds. The summed E-state index contributed by atoms with van der Waals surface area (Å²) in [6, 6.07) is 2.93. The van der Waals surface area contributed by atoms with Crippen molar-refractivity contribution >= 4 is 5.69 Å². The Morgan fingerprint density at radius 3 is 2.71 bits per heavy atom. The van der Waals surface area contributed by atoms with E-state index in [4.69, 9.17) is 10.5 Å². The molecule has 2 nitrogen and oxygen atoms in total. The van der Waals surface area contributed by atoms with Gasteiger partial charge in [0.05, 0.1) is 6.10 Å². The molecule has 1 aromatic carbocycles. The first-order chi connectivity index (χ1) is 6.54. The first-order valence-electron chi connectivity index (χ1n) is 4.76. The second-order valence-corrected chi connectivity index (χ2v) is 3.48. The van der Waals surface area contributed by atoms with Gasteiger partial charge < -0.3 is 10.5 Å². The van der Waals surface area contributed by atoms with Gasteiger partial charge in [0.25, 0.3) is 0 Å². The van der Waals surface area contributed by atoms with Crippen molar-refractivity contribution < 1.29 is 9.13 Å². The van der Waals surface area contributed by atoms with Crippen LogP contribution in [-0.2, 0) is 0 Å². The number of ether oxygens (including phenoxy) is 1. The van der Waals surface area contributed by atoms with E-state index in [2.05, 4.69) is 0 Å². The molecule has 1 aromatic rings. The van der Waals surface area contributed by atoms with Crippen LogP contribution < -0.4 is 10.5 Å². The molecule has 1 unspecified atom stereocenters. The van der Waals surface area contributed by atoms with Gasteiger partial charge in [-0.05, 0) is 31.9 Å². The number of benzene rings is 1. The van der Waals surface area contributed by atoms with E-state index in [9.17, 15) is 4.39 Å². The normalized spacial score (nSPS) is 12.6. The molecule has 0 saturated carbocycles. The lowest BCUT2D eigenvalue weighted by atomic mass is 10.2. The highest BCUT2D eigenvalue weighted by atomic mass is 19.1. The molecule has 0 saturated heterocycles. The molecular formula is C11H16FNO. The third-order valence-corrected chi connectivity index (χ3v) is 2.22. The van der Waals surface area contributed by atoms with Crippen LogP contribution in [0.1, 0.15) is 25.8 Å². The molecule has 0 aromatic heterocycles. The van der Waals surface area contributed by atoms with Crippen LogP contribution in [0.2, 0.25) is 0 Å². The van der Waals surface area contributed by atoms with Gasteiger partial charge >= 0.3 is 0 Å². The largest absolute Gasteiger partial charge is 0.488 e.